The summed E-state index contributed by atoms with van der Waals surface area (Å²) in [6, 6.07) is 15.5. The highest BCUT2D eigenvalue weighted by Gasteiger charge is 2.25. The highest BCUT2D eigenvalue weighted by atomic mass is 32.2. The Hall–Kier alpha value is -5.32. The smallest absolute Gasteiger partial charge is 0.296 e. The monoisotopic (exact) mass is 647 g/mol. The Balaban J connectivity index is 1.55. The summed E-state index contributed by atoms with van der Waals surface area (Å²) < 4.78 is 56.5. The maximum Gasteiger partial charge on any atom is 0.296 e. The second-order valence-corrected chi connectivity index (χ2v) is 11.8. The summed E-state index contributed by atoms with van der Waals surface area (Å²) in [5.41, 5.74) is 7.84. The first-order valence-corrected chi connectivity index (χ1v) is 15.7. The number of phenolic OH excluding ortho intramolecular Hbond substituents is 1. The van der Waals surface area contributed by atoms with E-state index in [1.807, 2.05) is 6.92 Å². The van der Waals surface area contributed by atoms with Gasteiger partial charge in [-0.25, -0.2) is 4.21 Å². The molecule has 0 spiro atoms. The van der Waals surface area contributed by atoms with E-state index in [9.17, 15) is 22.3 Å². The van der Waals surface area contributed by atoms with Gasteiger partial charge in [0.1, 0.15) is 22.0 Å². The molecule has 5 aromatic rings. The fraction of sp³-hybridized carbons (Fsp3) is 0.103. The third kappa shape index (κ3) is 6.77. The van der Waals surface area contributed by atoms with Gasteiger partial charge in [-0.3, -0.25) is 4.55 Å². The van der Waals surface area contributed by atoms with Crippen molar-refractivity contribution >= 4 is 60.4 Å². The Morgan fingerprint density at radius 3 is 2.42 bits per heavy atom. The van der Waals surface area contributed by atoms with Gasteiger partial charge in [0.15, 0.2) is 5.75 Å². The SMILES string of the molecule is C=CS(=O)Oc1ccc(N=Nc2c(C)cc3cc(S(=O)(=O)O)c(N=Nc4cccc(-c5noc(CC)n5)c4)c(O)c3c2N)cc1. The van der Waals surface area contributed by atoms with Gasteiger partial charge >= 0.3 is 0 Å². The maximum atomic E-state index is 12.3. The molecule has 1 unspecified atom stereocenters. The highest BCUT2D eigenvalue weighted by molar-refractivity contribution is 7.86. The number of fused-ring (bicyclic) bond motifs is 1. The van der Waals surface area contributed by atoms with Crippen LogP contribution < -0.4 is 9.92 Å². The molecule has 0 amide bonds. The lowest BCUT2D eigenvalue weighted by Gasteiger charge is -2.13. The highest BCUT2D eigenvalue weighted by Crippen LogP contribution is 2.47. The molecule has 14 nitrogen and oxygen atoms in total. The van der Waals surface area contributed by atoms with E-state index in [-0.39, 0.29) is 27.8 Å². The van der Waals surface area contributed by atoms with Gasteiger partial charge in [0.2, 0.25) is 22.8 Å². The van der Waals surface area contributed by atoms with Crippen LogP contribution >= 0.6 is 0 Å². The van der Waals surface area contributed by atoms with Crippen molar-refractivity contribution < 1.29 is 31.0 Å². The molecule has 5 rings (SSSR count). The van der Waals surface area contributed by atoms with Crippen molar-refractivity contribution in [1.82, 2.24) is 10.1 Å². The minimum Gasteiger partial charge on any atom is -0.505 e. The molecule has 0 bridgehead atoms. The lowest BCUT2D eigenvalue weighted by Crippen LogP contribution is -2.00. The summed E-state index contributed by atoms with van der Waals surface area (Å²) in [6.07, 6.45) is 0.556. The number of nitrogen functional groups attached to an aromatic ring is 1. The molecule has 0 radical (unpaired) electrons. The summed E-state index contributed by atoms with van der Waals surface area (Å²) >= 11 is -1.68. The maximum absolute atomic E-state index is 12.3. The lowest BCUT2D eigenvalue weighted by molar-refractivity contribution is 0.383. The second kappa shape index (κ2) is 12.7. The van der Waals surface area contributed by atoms with Crippen LogP contribution in [0.3, 0.4) is 0 Å². The Kier molecular flexibility index (Phi) is 8.80. The number of hydrogen-bond acceptors (Lipinski definition) is 13. The van der Waals surface area contributed by atoms with Crippen LogP contribution in [0.2, 0.25) is 0 Å². The van der Waals surface area contributed by atoms with Gasteiger partial charge in [-0.05, 0) is 66.4 Å². The molecule has 0 saturated carbocycles. The van der Waals surface area contributed by atoms with Gasteiger partial charge in [0.05, 0.1) is 22.4 Å². The Morgan fingerprint density at radius 2 is 1.76 bits per heavy atom. The summed E-state index contributed by atoms with van der Waals surface area (Å²) in [7, 11) is -4.86. The third-order valence-corrected chi connectivity index (χ3v) is 7.87. The van der Waals surface area contributed by atoms with E-state index < -0.39 is 37.5 Å². The number of hydrogen-bond donors (Lipinski definition) is 3. The molecule has 0 aliphatic rings. The molecule has 0 aliphatic carbocycles. The van der Waals surface area contributed by atoms with Crippen LogP contribution in [0.5, 0.6) is 11.5 Å². The number of nitrogens with zero attached hydrogens (tertiary/aromatic N) is 6. The normalized spacial score (nSPS) is 12.7. The molecular formula is C29H25N7O7S2. The molecule has 1 aromatic heterocycles. The number of phenols is 1. The number of aryl methyl sites for hydroxylation is 2. The second-order valence-electron chi connectivity index (χ2n) is 9.42. The van der Waals surface area contributed by atoms with E-state index in [2.05, 4.69) is 37.2 Å². The zero-order chi connectivity index (χ0) is 32.3. The number of benzene rings is 4. The van der Waals surface area contributed by atoms with Crippen molar-refractivity contribution in [2.45, 2.75) is 25.2 Å². The van der Waals surface area contributed by atoms with Crippen LogP contribution in [0.1, 0.15) is 18.4 Å². The zero-order valence-electron chi connectivity index (χ0n) is 23.8. The zero-order valence-corrected chi connectivity index (χ0v) is 25.4. The molecule has 4 N–H and O–H groups in total. The van der Waals surface area contributed by atoms with Crippen molar-refractivity contribution in [3.63, 3.8) is 0 Å². The molecule has 1 atom stereocenters. The van der Waals surface area contributed by atoms with E-state index >= 15 is 0 Å². The number of aromatic hydroxyl groups is 1. The number of azo groups is 2. The van der Waals surface area contributed by atoms with E-state index in [1.54, 1.807) is 55.5 Å². The van der Waals surface area contributed by atoms with Gasteiger partial charge < -0.3 is 19.5 Å². The summed E-state index contributed by atoms with van der Waals surface area (Å²) in [4.78, 5) is 3.60. The largest absolute Gasteiger partial charge is 0.505 e. The summed E-state index contributed by atoms with van der Waals surface area (Å²) in [5.74, 6) is 0.473. The predicted octanol–water partition coefficient (Wildman–Crippen LogP) is 7.31. The molecule has 230 valence electrons. The van der Waals surface area contributed by atoms with Gasteiger partial charge in [-0.1, -0.05) is 30.8 Å². The van der Waals surface area contributed by atoms with Crippen molar-refractivity contribution in [1.29, 1.82) is 0 Å². The quantitative estimate of drug-likeness (QED) is 0.0780. The standard InChI is InChI=1S/C29H25N7O7S2/c1-4-23-31-29(36-42-23)17-7-6-8-20(14-17)33-35-27-22(45(39,40)41)15-18-13-16(3)26(25(30)24(18)28(27)37)34-32-19-9-11-21(12-10-19)43-44(38)5-2/h5-15,37H,2,4,30H2,1,3H3,(H,39,40,41). The van der Waals surface area contributed by atoms with Gasteiger partial charge in [-0.2, -0.15) is 23.6 Å². The van der Waals surface area contributed by atoms with Gasteiger partial charge in [0, 0.05) is 17.4 Å². The summed E-state index contributed by atoms with van der Waals surface area (Å²) in [6.45, 7) is 6.94. The first-order chi connectivity index (χ1) is 21.5. The van der Waals surface area contributed by atoms with E-state index in [1.165, 1.54) is 6.07 Å². The van der Waals surface area contributed by atoms with Crippen LogP contribution in [0.15, 0.2) is 103 Å². The van der Waals surface area contributed by atoms with Crippen LogP contribution in [0.4, 0.5) is 28.4 Å². The number of aromatic nitrogens is 2. The van der Waals surface area contributed by atoms with E-state index in [0.29, 0.717) is 40.7 Å². The molecule has 45 heavy (non-hydrogen) atoms. The van der Waals surface area contributed by atoms with Crippen molar-refractivity contribution in [2.75, 3.05) is 5.73 Å². The summed E-state index contributed by atoms with van der Waals surface area (Å²) in [5, 5.41) is 33.1. The topological polar surface area (TPSA) is 215 Å². The van der Waals surface area contributed by atoms with Crippen LogP contribution in [-0.4, -0.2) is 32.4 Å². The average Bonchev–Trinajstić information content (AvgIpc) is 3.50. The van der Waals surface area contributed by atoms with Crippen molar-refractivity contribution in [3.8, 4) is 22.9 Å². The Morgan fingerprint density at radius 1 is 1.04 bits per heavy atom. The molecule has 0 aliphatic heterocycles. The van der Waals surface area contributed by atoms with Crippen LogP contribution in [0, 0.1) is 6.92 Å². The fourth-order valence-electron chi connectivity index (χ4n) is 4.24. The fourth-order valence-corrected chi connectivity index (χ4v) is 5.27. The molecule has 1 heterocycles. The molecule has 16 heteroatoms. The van der Waals surface area contributed by atoms with Crippen molar-refractivity contribution in [3.05, 3.63) is 84.1 Å². The number of rotatable bonds is 10. The first-order valence-electron chi connectivity index (χ1n) is 13.1. The van der Waals surface area contributed by atoms with Crippen molar-refractivity contribution in [2.24, 2.45) is 20.5 Å². The lowest BCUT2D eigenvalue weighted by atomic mass is 10.0. The molecule has 4 aromatic carbocycles. The first kappa shape index (κ1) is 31.1. The molecular weight excluding hydrogens is 622 g/mol. The number of nitrogens with two attached hydrogens (primary N) is 1. The number of anilines is 1. The van der Waals surface area contributed by atoms with Gasteiger partial charge in [-0.15, -0.1) is 10.2 Å². The minimum atomic E-state index is -4.86. The predicted molar refractivity (Wildman–Crippen MR) is 167 cm³/mol. The van der Waals surface area contributed by atoms with E-state index in [4.69, 9.17) is 14.4 Å². The van der Waals surface area contributed by atoms with E-state index in [0.717, 1.165) is 11.5 Å². The minimum absolute atomic E-state index is 0.0169. The van der Waals surface area contributed by atoms with Crippen LogP contribution in [-0.2, 0) is 27.6 Å². The molecule has 0 fully saturated rings. The average molecular weight is 648 g/mol. The third-order valence-electron chi connectivity index (χ3n) is 6.37. The Labute approximate surface area is 259 Å². The van der Waals surface area contributed by atoms with Crippen LogP contribution in [0.25, 0.3) is 22.2 Å². The molecule has 0 saturated heterocycles. The Bertz CT molecular complexity index is 2130. The van der Waals surface area contributed by atoms with Gasteiger partial charge in [0.25, 0.3) is 10.1 Å².